The summed E-state index contributed by atoms with van der Waals surface area (Å²) in [5, 5.41) is 2.85. The lowest BCUT2D eigenvalue weighted by Crippen LogP contribution is -2.26. The van der Waals surface area contributed by atoms with Gasteiger partial charge in [-0.05, 0) is 44.5 Å². The van der Waals surface area contributed by atoms with Crippen LogP contribution in [-0.2, 0) is 9.53 Å². The van der Waals surface area contributed by atoms with Crippen LogP contribution in [0.25, 0.3) is 0 Å². The Bertz CT molecular complexity index is 1010. The fourth-order valence-electron chi connectivity index (χ4n) is 2.95. The minimum Gasteiger partial charge on any atom is -0.444 e. The Labute approximate surface area is 174 Å². The molecule has 0 aliphatic rings. The third-order valence-corrected chi connectivity index (χ3v) is 4.66. The van der Waals surface area contributed by atoms with Gasteiger partial charge in [0.25, 0.3) is 5.91 Å². The van der Waals surface area contributed by atoms with Crippen LogP contribution in [0, 0.1) is 20.8 Å². The molecule has 0 aliphatic heterocycles. The second-order valence-corrected chi connectivity index (χ2v) is 7.16. The maximum atomic E-state index is 13.0. The first kappa shape index (κ1) is 20.6. The van der Waals surface area contributed by atoms with Crippen LogP contribution in [0.2, 0.25) is 5.15 Å². The molecule has 1 atom stereocenters. The summed E-state index contributed by atoms with van der Waals surface area (Å²) in [6, 6.07) is 18.0. The lowest BCUT2D eigenvalue weighted by atomic mass is 10.1. The number of nitrogens with one attached hydrogen (secondary N) is 1. The van der Waals surface area contributed by atoms with Gasteiger partial charge >= 0.3 is 5.97 Å². The zero-order valence-electron chi connectivity index (χ0n) is 16.4. The van der Waals surface area contributed by atoms with Gasteiger partial charge in [0, 0.05) is 16.9 Å². The molecule has 0 unspecified atom stereocenters. The van der Waals surface area contributed by atoms with Crippen molar-refractivity contribution in [1.82, 2.24) is 4.98 Å². The Morgan fingerprint density at radius 2 is 1.66 bits per heavy atom. The molecule has 3 rings (SSSR count). The third kappa shape index (κ3) is 5.00. The van der Waals surface area contributed by atoms with E-state index in [0.717, 1.165) is 5.56 Å². The van der Waals surface area contributed by atoms with Crippen LogP contribution in [0.3, 0.4) is 0 Å². The fourth-order valence-corrected chi connectivity index (χ4v) is 3.31. The first-order chi connectivity index (χ1) is 13.8. The standard InChI is InChI=1S/C23H21ClN2O3/c1-14-9-11-18(12-10-14)26-22(27)20(17-7-5-4-6-8-17)29-23(28)19-15(2)13-16(3)25-21(19)24/h4-13,20H,1-3H3,(H,26,27)/t20-/m1/s1. The van der Waals surface area contributed by atoms with Crippen LogP contribution in [0.4, 0.5) is 5.69 Å². The van der Waals surface area contributed by atoms with Crippen LogP contribution in [0.15, 0.2) is 60.7 Å². The van der Waals surface area contributed by atoms with E-state index in [4.69, 9.17) is 16.3 Å². The van der Waals surface area contributed by atoms with Gasteiger partial charge in [-0.1, -0.05) is 59.6 Å². The summed E-state index contributed by atoms with van der Waals surface area (Å²) in [4.78, 5) is 29.9. The van der Waals surface area contributed by atoms with Gasteiger partial charge in [0.2, 0.25) is 6.10 Å². The third-order valence-electron chi connectivity index (χ3n) is 4.39. The van der Waals surface area contributed by atoms with E-state index < -0.39 is 18.0 Å². The van der Waals surface area contributed by atoms with Crippen LogP contribution in [0.1, 0.15) is 38.8 Å². The normalized spacial score (nSPS) is 11.6. The van der Waals surface area contributed by atoms with Crippen molar-refractivity contribution in [3.63, 3.8) is 0 Å². The van der Waals surface area contributed by atoms with E-state index in [-0.39, 0.29) is 10.7 Å². The number of esters is 1. The minimum absolute atomic E-state index is 0.0539. The second-order valence-electron chi connectivity index (χ2n) is 6.80. The Morgan fingerprint density at radius 3 is 2.28 bits per heavy atom. The van der Waals surface area contributed by atoms with Gasteiger partial charge in [-0.3, -0.25) is 4.79 Å². The number of aryl methyl sites for hydroxylation is 3. The number of pyridine rings is 1. The van der Waals surface area contributed by atoms with Gasteiger partial charge in [-0.15, -0.1) is 0 Å². The van der Waals surface area contributed by atoms with Gasteiger partial charge < -0.3 is 10.1 Å². The molecular formula is C23H21ClN2O3. The van der Waals surface area contributed by atoms with E-state index in [0.29, 0.717) is 22.5 Å². The maximum absolute atomic E-state index is 13.0. The molecule has 1 heterocycles. The number of benzene rings is 2. The average molecular weight is 409 g/mol. The second kappa shape index (κ2) is 8.88. The highest BCUT2D eigenvalue weighted by Gasteiger charge is 2.28. The fraction of sp³-hybridized carbons (Fsp3) is 0.174. The van der Waals surface area contributed by atoms with Gasteiger partial charge in [0.05, 0.1) is 5.56 Å². The number of halogens is 1. The molecule has 0 spiro atoms. The van der Waals surface area contributed by atoms with Crippen LogP contribution < -0.4 is 5.32 Å². The molecule has 0 radical (unpaired) electrons. The molecule has 0 bridgehead atoms. The minimum atomic E-state index is -1.14. The van der Waals surface area contributed by atoms with Crippen LogP contribution in [-0.4, -0.2) is 16.9 Å². The van der Waals surface area contributed by atoms with Crippen molar-refractivity contribution in [2.45, 2.75) is 26.9 Å². The van der Waals surface area contributed by atoms with Gasteiger partial charge in [0.1, 0.15) is 5.15 Å². The molecule has 1 amide bonds. The van der Waals surface area contributed by atoms with E-state index in [1.54, 1.807) is 56.3 Å². The Morgan fingerprint density at radius 1 is 1.00 bits per heavy atom. The summed E-state index contributed by atoms with van der Waals surface area (Å²) in [6.45, 7) is 5.50. The summed E-state index contributed by atoms with van der Waals surface area (Å²) in [7, 11) is 0. The molecule has 148 valence electrons. The number of aromatic nitrogens is 1. The monoisotopic (exact) mass is 408 g/mol. The maximum Gasteiger partial charge on any atom is 0.342 e. The van der Waals surface area contributed by atoms with E-state index in [2.05, 4.69) is 10.3 Å². The predicted octanol–water partition coefficient (Wildman–Crippen LogP) is 5.20. The summed E-state index contributed by atoms with van der Waals surface area (Å²) in [5.74, 6) is -1.16. The Kier molecular flexibility index (Phi) is 6.29. The molecule has 3 aromatic rings. The van der Waals surface area contributed by atoms with Crippen molar-refractivity contribution in [3.8, 4) is 0 Å². The predicted molar refractivity (Wildman–Crippen MR) is 113 cm³/mol. The molecule has 0 fully saturated rings. The highest BCUT2D eigenvalue weighted by molar-refractivity contribution is 6.32. The number of ether oxygens (including phenoxy) is 1. The Hall–Kier alpha value is -3.18. The van der Waals surface area contributed by atoms with Crippen molar-refractivity contribution in [2.24, 2.45) is 0 Å². The van der Waals surface area contributed by atoms with Crippen molar-refractivity contribution in [3.05, 3.63) is 93.8 Å². The summed E-state index contributed by atoms with van der Waals surface area (Å²) in [5.41, 5.74) is 3.73. The van der Waals surface area contributed by atoms with Crippen molar-refractivity contribution < 1.29 is 14.3 Å². The van der Waals surface area contributed by atoms with Crippen molar-refractivity contribution in [1.29, 1.82) is 0 Å². The quantitative estimate of drug-likeness (QED) is 0.465. The molecular weight excluding hydrogens is 388 g/mol. The summed E-state index contributed by atoms with van der Waals surface area (Å²) < 4.78 is 5.61. The largest absolute Gasteiger partial charge is 0.444 e. The summed E-state index contributed by atoms with van der Waals surface area (Å²) in [6.07, 6.45) is -1.14. The molecule has 5 nitrogen and oxygen atoms in total. The smallest absolute Gasteiger partial charge is 0.342 e. The molecule has 29 heavy (non-hydrogen) atoms. The average Bonchev–Trinajstić information content (AvgIpc) is 2.67. The lowest BCUT2D eigenvalue weighted by molar-refractivity contribution is -0.125. The highest BCUT2D eigenvalue weighted by atomic mass is 35.5. The number of anilines is 1. The van der Waals surface area contributed by atoms with E-state index >= 15 is 0 Å². The number of nitrogens with zero attached hydrogens (tertiary/aromatic N) is 1. The summed E-state index contributed by atoms with van der Waals surface area (Å²) >= 11 is 6.17. The van der Waals surface area contributed by atoms with Gasteiger partial charge in [0.15, 0.2) is 0 Å². The first-order valence-corrected chi connectivity index (χ1v) is 9.50. The Balaban J connectivity index is 1.89. The van der Waals surface area contributed by atoms with Gasteiger partial charge in [-0.25, -0.2) is 9.78 Å². The molecule has 0 saturated carbocycles. The van der Waals surface area contributed by atoms with E-state index in [9.17, 15) is 9.59 Å². The molecule has 0 aliphatic carbocycles. The number of carbonyl (C=O) groups excluding carboxylic acids is 2. The zero-order valence-corrected chi connectivity index (χ0v) is 17.2. The number of rotatable bonds is 5. The molecule has 1 aromatic heterocycles. The zero-order chi connectivity index (χ0) is 21.0. The topological polar surface area (TPSA) is 68.3 Å². The van der Waals surface area contributed by atoms with Gasteiger partial charge in [-0.2, -0.15) is 0 Å². The SMILES string of the molecule is Cc1ccc(NC(=O)[C@H](OC(=O)c2c(C)cc(C)nc2Cl)c2ccccc2)cc1. The highest BCUT2D eigenvalue weighted by Crippen LogP contribution is 2.25. The number of amides is 1. The first-order valence-electron chi connectivity index (χ1n) is 9.12. The van der Waals surface area contributed by atoms with Crippen molar-refractivity contribution in [2.75, 3.05) is 5.32 Å². The number of hydrogen-bond acceptors (Lipinski definition) is 4. The van der Waals surface area contributed by atoms with Crippen LogP contribution >= 0.6 is 11.6 Å². The molecule has 1 N–H and O–H groups in total. The molecule has 0 saturated heterocycles. The van der Waals surface area contributed by atoms with Crippen molar-refractivity contribution >= 4 is 29.2 Å². The molecule has 2 aromatic carbocycles. The lowest BCUT2D eigenvalue weighted by Gasteiger charge is -2.19. The number of carbonyl (C=O) groups is 2. The molecule has 6 heteroatoms. The number of hydrogen-bond donors (Lipinski definition) is 1. The van der Waals surface area contributed by atoms with E-state index in [1.807, 2.05) is 25.1 Å². The van der Waals surface area contributed by atoms with E-state index in [1.165, 1.54) is 0 Å². The van der Waals surface area contributed by atoms with Crippen LogP contribution in [0.5, 0.6) is 0 Å².